The smallest absolute Gasteiger partial charge is 0.337 e. The van der Waals surface area contributed by atoms with Crippen LogP contribution >= 0.6 is 0 Å². The fourth-order valence-corrected chi connectivity index (χ4v) is 0.778. The molecule has 0 fully saturated rings. The second-order valence-electron chi connectivity index (χ2n) is 2.15. The van der Waals surface area contributed by atoms with E-state index in [4.69, 9.17) is 10.2 Å². The molecule has 0 spiro atoms. The van der Waals surface area contributed by atoms with E-state index in [0.29, 0.717) is 5.56 Å². The van der Waals surface area contributed by atoms with Crippen LogP contribution in [0, 0.1) is 0 Å². The van der Waals surface area contributed by atoms with E-state index >= 15 is 0 Å². The second kappa shape index (κ2) is 6.20. The van der Waals surface area contributed by atoms with E-state index in [0.717, 1.165) is 0 Å². The molecule has 0 aliphatic rings. The molecule has 13 heavy (non-hydrogen) atoms. The van der Waals surface area contributed by atoms with Gasteiger partial charge >= 0.3 is 5.97 Å². The summed E-state index contributed by atoms with van der Waals surface area (Å²) in [7, 11) is 0. The minimum Gasteiger partial charge on any atom is -0.479 e. The van der Waals surface area contributed by atoms with Gasteiger partial charge in [0.2, 0.25) is 0 Å². The molecule has 74 valence electrons. The third-order valence-electron chi connectivity index (χ3n) is 1.35. The van der Waals surface area contributed by atoms with E-state index in [-0.39, 0.29) is 14.9 Å². The van der Waals surface area contributed by atoms with Crippen molar-refractivity contribution in [2.24, 2.45) is 0 Å². The van der Waals surface area contributed by atoms with Gasteiger partial charge in [-0.3, -0.25) is 0 Å². The molecule has 0 aromatic heterocycles. The normalized spacial score (nSPS) is 10.5. The zero-order chi connectivity index (χ0) is 8.27. The van der Waals surface area contributed by atoms with Crippen LogP contribution in [-0.2, 0) is 4.79 Å². The summed E-state index contributed by atoms with van der Waals surface area (Å²) in [4.78, 5) is 10.2. The molecule has 1 aromatic carbocycles. The van der Waals surface area contributed by atoms with Crippen molar-refractivity contribution in [3.63, 3.8) is 0 Å². The van der Waals surface area contributed by atoms with Gasteiger partial charge in [-0.2, -0.15) is 0 Å². The first kappa shape index (κ1) is 14.2. The number of benzene rings is 1. The summed E-state index contributed by atoms with van der Waals surface area (Å²) in [5.74, 6) is -1.23. The van der Waals surface area contributed by atoms with Crippen molar-refractivity contribution in [1.82, 2.24) is 0 Å². The summed E-state index contributed by atoms with van der Waals surface area (Å²) >= 11 is 0. The Labute approximate surface area is 78.7 Å². The maximum absolute atomic E-state index is 10.2. The Morgan fingerprint density at radius 2 is 1.62 bits per heavy atom. The molecule has 1 aromatic rings. The molecule has 0 saturated carbocycles. The predicted molar refractivity (Wildman–Crippen MR) is 52.5 cm³/mol. The van der Waals surface area contributed by atoms with E-state index in [2.05, 4.69) is 0 Å². The summed E-state index contributed by atoms with van der Waals surface area (Å²) in [6, 6.07) is 8.26. The summed E-state index contributed by atoms with van der Waals surface area (Å²) < 4.78 is 0. The SMILES string of the molecule is C.C.O=C(O)C(O)c1ccccc1. The van der Waals surface area contributed by atoms with Gasteiger partial charge in [0.25, 0.3) is 0 Å². The summed E-state index contributed by atoms with van der Waals surface area (Å²) in [6.45, 7) is 0. The maximum atomic E-state index is 10.2. The molecule has 2 N–H and O–H groups in total. The van der Waals surface area contributed by atoms with E-state index in [1.165, 1.54) is 0 Å². The van der Waals surface area contributed by atoms with Crippen molar-refractivity contribution >= 4 is 5.97 Å². The highest BCUT2D eigenvalue weighted by Gasteiger charge is 2.14. The summed E-state index contributed by atoms with van der Waals surface area (Å²) in [5, 5.41) is 17.4. The van der Waals surface area contributed by atoms with Crippen molar-refractivity contribution in [2.45, 2.75) is 21.0 Å². The Bertz CT molecular complexity index is 244. The minimum atomic E-state index is -1.41. The highest BCUT2D eigenvalue weighted by Crippen LogP contribution is 2.10. The molecular formula is C10H16O3. The van der Waals surface area contributed by atoms with Gasteiger partial charge in [0.05, 0.1) is 0 Å². The molecule has 0 radical (unpaired) electrons. The average Bonchev–Trinajstić information content (AvgIpc) is 2.05. The van der Waals surface area contributed by atoms with Crippen LogP contribution in [0.5, 0.6) is 0 Å². The Morgan fingerprint density at radius 1 is 1.15 bits per heavy atom. The maximum Gasteiger partial charge on any atom is 0.337 e. The number of rotatable bonds is 2. The first-order chi connectivity index (χ1) is 5.22. The van der Waals surface area contributed by atoms with Crippen LogP contribution in [0.1, 0.15) is 26.5 Å². The number of aliphatic carboxylic acids is 1. The van der Waals surface area contributed by atoms with Gasteiger partial charge < -0.3 is 10.2 Å². The Morgan fingerprint density at radius 3 is 2.00 bits per heavy atom. The lowest BCUT2D eigenvalue weighted by atomic mass is 10.1. The number of aliphatic hydroxyl groups excluding tert-OH is 1. The average molecular weight is 184 g/mol. The number of carboxylic acids is 1. The van der Waals surface area contributed by atoms with Crippen molar-refractivity contribution in [3.05, 3.63) is 35.9 Å². The van der Waals surface area contributed by atoms with E-state index < -0.39 is 12.1 Å². The largest absolute Gasteiger partial charge is 0.479 e. The van der Waals surface area contributed by atoms with Gasteiger partial charge in [-0.15, -0.1) is 0 Å². The van der Waals surface area contributed by atoms with E-state index in [1.54, 1.807) is 30.3 Å². The van der Waals surface area contributed by atoms with Crippen LogP contribution in [0.3, 0.4) is 0 Å². The number of aliphatic hydroxyl groups is 1. The molecule has 0 aliphatic heterocycles. The zero-order valence-electron chi connectivity index (χ0n) is 5.77. The van der Waals surface area contributed by atoms with Gasteiger partial charge in [-0.25, -0.2) is 4.79 Å². The van der Waals surface area contributed by atoms with Crippen LogP contribution in [0.4, 0.5) is 0 Å². The molecule has 0 saturated heterocycles. The molecule has 0 aliphatic carbocycles. The van der Waals surface area contributed by atoms with Gasteiger partial charge in [0.15, 0.2) is 6.10 Å². The standard InChI is InChI=1S/C8H8O3.2CH4/c9-7(8(10)11)6-4-2-1-3-5-6;;/h1-5,7,9H,(H,10,11);2*1H4. The van der Waals surface area contributed by atoms with E-state index in [9.17, 15) is 4.79 Å². The molecule has 0 amide bonds. The molecule has 1 atom stereocenters. The third kappa shape index (κ3) is 3.71. The fourth-order valence-electron chi connectivity index (χ4n) is 0.778. The van der Waals surface area contributed by atoms with Crippen molar-refractivity contribution in [3.8, 4) is 0 Å². The minimum absolute atomic E-state index is 0. The quantitative estimate of drug-likeness (QED) is 0.739. The van der Waals surface area contributed by atoms with Crippen molar-refractivity contribution in [1.29, 1.82) is 0 Å². The van der Waals surface area contributed by atoms with Gasteiger partial charge in [0.1, 0.15) is 0 Å². The number of hydrogen-bond donors (Lipinski definition) is 2. The molecule has 3 heteroatoms. The Balaban J connectivity index is 0. The molecular weight excluding hydrogens is 168 g/mol. The highest BCUT2D eigenvalue weighted by molar-refractivity contribution is 5.73. The molecule has 1 rings (SSSR count). The fraction of sp³-hybridized carbons (Fsp3) is 0.300. The summed E-state index contributed by atoms with van der Waals surface area (Å²) in [6.07, 6.45) is -1.41. The first-order valence-electron chi connectivity index (χ1n) is 3.17. The lowest BCUT2D eigenvalue weighted by molar-refractivity contribution is -0.146. The third-order valence-corrected chi connectivity index (χ3v) is 1.35. The van der Waals surface area contributed by atoms with Crippen LogP contribution in [-0.4, -0.2) is 16.2 Å². The van der Waals surface area contributed by atoms with Crippen molar-refractivity contribution < 1.29 is 15.0 Å². The van der Waals surface area contributed by atoms with Gasteiger partial charge in [-0.05, 0) is 5.56 Å². The zero-order valence-corrected chi connectivity index (χ0v) is 5.77. The monoisotopic (exact) mass is 184 g/mol. The first-order valence-corrected chi connectivity index (χ1v) is 3.17. The summed E-state index contributed by atoms with van der Waals surface area (Å²) in [5.41, 5.74) is 0.403. The van der Waals surface area contributed by atoms with Gasteiger partial charge in [-0.1, -0.05) is 45.2 Å². The van der Waals surface area contributed by atoms with Crippen LogP contribution in [0.15, 0.2) is 30.3 Å². The van der Waals surface area contributed by atoms with Crippen LogP contribution < -0.4 is 0 Å². The predicted octanol–water partition coefficient (Wildman–Crippen LogP) is 2.08. The van der Waals surface area contributed by atoms with E-state index in [1.807, 2.05) is 0 Å². The van der Waals surface area contributed by atoms with Crippen molar-refractivity contribution in [2.75, 3.05) is 0 Å². The van der Waals surface area contributed by atoms with Crippen LogP contribution in [0.2, 0.25) is 0 Å². The van der Waals surface area contributed by atoms with Gasteiger partial charge in [0, 0.05) is 0 Å². The highest BCUT2D eigenvalue weighted by atomic mass is 16.4. The second-order valence-corrected chi connectivity index (χ2v) is 2.15. The molecule has 3 nitrogen and oxygen atoms in total. The van der Waals surface area contributed by atoms with Crippen LogP contribution in [0.25, 0.3) is 0 Å². The number of carboxylic acid groups (broad SMARTS) is 1. The topological polar surface area (TPSA) is 57.5 Å². The Hall–Kier alpha value is -1.35. The Kier molecular flexibility index (Phi) is 6.76. The molecule has 0 heterocycles. The molecule has 1 unspecified atom stereocenters. The number of carbonyl (C=O) groups is 1. The number of hydrogen-bond acceptors (Lipinski definition) is 2. The lowest BCUT2D eigenvalue weighted by Gasteiger charge is -2.03. The lowest BCUT2D eigenvalue weighted by Crippen LogP contribution is -2.09. The molecule has 0 bridgehead atoms.